The fourth-order valence-electron chi connectivity index (χ4n) is 3.53. The highest BCUT2D eigenvalue weighted by Crippen LogP contribution is 2.35. The van der Waals surface area contributed by atoms with Gasteiger partial charge in [0.25, 0.3) is 5.91 Å². The monoisotopic (exact) mass is 435 g/mol. The van der Waals surface area contributed by atoms with Gasteiger partial charge < -0.3 is 29.7 Å². The molecular formula is C21H17N5O6. The number of aromatic nitrogens is 4. The molecule has 3 N–H and O–H groups in total. The van der Waals surface area contributed by atoms with Crippen LogP contribution in [0.3, 0.4) is 0 Å². The molecule has 5 rings (SSSR count). The Morgan fingerprint density at radius 3 is 2.59 bits per heavy atom. The number of aromatic amines is 1. The van der Waals surface area contributed by atoms with Gasteiger partial charge in [-0.15, -0.1) is 0 Å². The number of carbonyl (C=O) groups excluding carboxylic acids is 1. The molecule has 1 aliphatic rings. The molecule has 0 spiro atoms. The van der Waals surface area contributed by atoms with Crippen molar-refractivity contribution in [1.82, 2.24) is 19.5 Å². The molecule has 0 unspecified atom stereocenters. The lowest BCUT2D eigenvalue weighted by Gasteiger charge is -2.10. The Bertz CT molecular complexity index is 1440. The lowest BCUT2D eigenvalue weighted by molar-refractivity contribution is 0.0997. The van der Waals surface area contributed by atoms with Gasteiger partial charge in [-0.1, -0.05) is 0 Å². The third kappa shape index (κ3) is 2.98. The van der Waals surface area contributed by atoms with Gasteiger partial charge in [-0.3, -0.25) is 4.79 Å². The van der Waals surface area contributed by atoms with Gasteiger partial charge in [-0.2, -0.15) is 0 Å². The van der Waals surface area contributed by atoms with Crippen LogP contribution in [0.2, 0.25) is 0 Å². The van der Waals surface area contributed by atoms with Crippen molar-refractivity contribution >= 4 is 17.1 Å². The standard InChI is InChI=1S/C21H17N5O6/c1-29-12-5-3-10(7-14(12)30-2)19-23-16(18(22)27)17-20(25-19)26(21(28)24-17)11-4-6-13-15(8-11)32-9-31-13/h3-8H,9H2,1-2H3,(H2,22,27)(H,24,28). The highest BCUT2D eigenvalue weighted by molar-refractivity contribution is 6.02. The van der Waals surface area contributed by atoms with Crippen LogP contribution in [0, 0.1) is 0 Å². The van der Waals surface area contributed by atoms with E-state index in [4.69, 9.17) is 24.7 Å². The third-order valence-electron chi connectivity index (χ3n) is 5.03. The largest absolute Gasteiger partial charge is 0.493 e. The molecule has 162 valence electrons. The molecule has 11 heteroatoms. The Morgan fingerprint density at radius 1 is 1.06 bits per heavy atom. The molecule has 0 fully saturated rings. The van der Waals surface area contributed by atoms with Crippen LogP contribution in [-0.4, -0.2) is 46.4 Å². The smallest absolute Gasteiger partial charge is 0.332 e. The van der Waals surface area contributed by atoms with Crippen molar-refractivity contribution in [1.29, 1.82) is 0 Å². The fraction of sp³-hybridized carbons (Fsp3) is 0.143. The zero-order valence-electron chi connectivity index (χ0n) is 17.0. The van der Waals surface area contributed by atoms with Gasteiger partial charge >= 0.3 is 5.69 Å². The summed E-state index contributed by atoms with van der Waals surface area (Å²) >= 11 is 0. The average Bonchev–Trinajstić information content (AvgIpc) is 3.40. The van der Waals surface area contributed by atoms with E-state index in [-0.39, 0.29) is 29.5 Å². The number of carbonyl (C=O) groups is 1. The zero-order chi connectivity index (χ0) is 22.4. The van der Waals surface area contributed by atoms with E-state index in [1.54, 1.807) is 36.4 Å². The molecule has 1 aliphatic heterocycles. The van der Waals surface area contributed by atoms with E-state index in [1.807, 2.05) is 0 Å². The Morgan fingerprint density at radius 2 is 1.84 bits per heavy atom. The summed E-state index contributed by atoms with van der Waals surface area (Å²) in [5, 5.41) is 0. The summed E-state index contributed by atoms with van der Waals surface area (Å²) in [5.74, 6) is 1.41. The molecule has 4 aromatic rings. The maximum Gasteiger partial charge on any atom is 0.332 e. The number of nitrogens with one attached hydrogen (secondary N) is 1. The number of nitrogens with two attached hydrogens (primary N) is 1. The summed E-state index contributed by atoms with van der Waals surface area (Å²) in [4.78, 5) is 36.5. The molecule has 3 heterocycles. The van der Waals surface area contributed by atoms with Gasteiger partial charge in [-0.25, -0.2) is 19.3 Å². The van der Waals surface area contributed by atoms with E-state index < -0.39 is 11.6 Å². The van der Waals surface area contributed by atoms with E-state index in [0.29, 0.717) is 34.2 Å². The van der Waals surface area contributed by atoms with Crippen LogP contribution in [0.1, 0.15) is 10.5 Å². The molecule has 2 aromatic heterocycles. The van der Waals surface area contributed by atoms with Gasteiger partial charge in [0.1, 0.15) is 5.52 Å². The number of rotatable bonds is 5. The van der Waals surface area contributed by atoms with Crippen LogP contribution in [0.4, 0.5) is 0 Å². The summed E-state index contributed by atoms with van der Waals surface area (Å²) in [7, 11) is 3.03. The number of benzene rings is 2. The number of primary amides is 1. The topological polar surface area (TPSA) is 144 Å². The first-order chi connectivity index (χ1) is 15.5. The van der Waals surface area contributed by atoms with E-state index >= 15 is 0 Å². The number of methoxy groups -OCH3 is 2. The first kappa shape index (κ1) is 19.4. The second kappa shape index (κ2) is 7.30. The minimum absolute atomic E-state index is 0.0962. The van der Waals surface area contributed by atoms with Crippen LogP contribution in [0.15, 0.2) is 41.2 Å². The Kier molecular flexibility index (Phi) is 4.43. The van der Waals surface area contributed by atoms with E-state index in [2.05, 4.69) is 15.0 Å². The third-order valence-corrected chi connectivity index (χ3v) is 5.03. The second-order valence-electron chi connectivity index (χ2n) is 6.83. The average molecular weight is 435 g/mol. The summed E-state index contributed by atoms with van der Waals surface area (Å²) in [6.45, 7) is 0.0962. The molecular weight excluding hydrogens is 418 g/mol. The van der Waals surface area contributed by atoms with Crippen LogP contribution in [0.5, 0.6) is 23.0 Å². The maximum atomic E-state index is 12.8. The molecule has 0 saturated carbocycles. The highest BCUT2D eigenvalue weighted by atomic mass is 16.7. The summed E-state index contributed by atoms with van der Waals surface area (Å²) < 4.78 is 22.7. The van der Waals surface area contributed by atoms with E-state index in [1.165, 1.54) is 18.8 Å². The first-order valence-corrected chi connectivity index (χ1v) is 9.45. The predicted octanol–water partition coefficient (Wildman–Crippen LogP) is 1.62. The fourth-order valence-corrected chi connectivity index (χ4v) is 3.53. The molecule has 0 bridgehead atoms. The summed E-state index contributed by atoms with van der Waals surface area (Å²) in [6, 6.07) is 10.1. The number of hydrogen-bond donors (Lipinski definition) is 2. The normalized spacial score (nSPS) is 12.2. The number of hydrogen-bond acceptors (Lipinski definition) is 8. The summed E-state index contributed by atoms with van der Waals surface area (Å²) in [6.07, 6.45) is 0. The SMILES string of the molecule is COc1ccc(-c2nc(C(N)=O)c3[nH]c(=O)n(-c4ccc5c(c4)OCO5)c3n2)cc1OC. The maximum absolute atomic E-state index is 12.8. The van der Waals surface area contributed by atoms with Gasteiger partial charge in [0.05, 0.1) is 19.9 Å². The van der Waals surface area contributed by atoms with E-state index in [9.17, 15) is 9.59 Å². The van der Waals surface area contributed by atoms with Crippen molar-refractivity contribution in [2.45, 2.75) is 0 Å². The number of nitrogens with zero attached hydrogens (tertiary/aromatic N) is 3. The number of imidazole rings is 1. The van der Waals surface area contributed by atoms with Crippen molar-refractivity contribution in [2.24, 2.45) is 5.73 Å². The minimum Gasteiger partial charge on any atom is -0.493 e. The molecule has 0 radical (unpaired) electrons. The van der Waals surface area contributed by atoms with Gasteiger partial charge in [-0.05, 0) is 30.3 Å². The second-order valence-corrected chi connectivity index (χ2v) is 6.83. The molecule has 2 aromatic carbocycles. The Labute approximate surface area is 180 Å². The van der Waals surface area contributed by atoms with Gasteiger partial charge in [0.2, 0.25) is 6.79 Å². The molecule has 32 heavy (non-hydrogen) atoms. The number of amides is 1. The molecule has 1 amide bonds. The first-order valence-electron chi connectivity index (χ1n) is 9.45. The van der Waals surface area contributed by atoms with Crippen molar-refractivity contribution in [2.75, 3.05) is 21.0 Å². The van der Waals surface area contributed by atoms with Crippen molar-refractivity contribution < 1.29 is 23.7 Å². The Hall–Kier alpha value is -4.54. The lowest BCUT2D eigenvalue weighted by Crippen LogP contribution is -2.15. The van der Waals surface area contributed by atoms with Crippen LogP contribution < -0.4 is 30.4 Å². The quantitative estimate of drug-likeness (QED) is 0.481. The Balaban J connectivity index is 1.76. The highest BCUT2D eigenvalue weighted by Gasteiger charge is 2.22. The number of H-pyrrole nitrogens is 1. The van der Waals surface area contributed by atoms with Gasteiger partial charge in [0, 0.05) is 11.6 Å². The van der Waals surface area contributed by atoms with Crippen molar-refractivity contribution in [3.05, 3.63) is 52.6 Å². The molecule has 0 aliphatic carbocycles. The number of ether oxygens (including phenoxy) is 4. The van der Waals surface area contributed by atoms with Gasteiger partial charge in [0.15, 0.2) is 40.2 Å². The van der Waals surface area contributed by atoms with Crippen molar-refractivity contribution in [3.63, 3.8) is 0 Å². The molecule has 0 atom stereocenters. The van der Waals surface area contributed by atoms with Crippen LogP contribution >= 0.6 is 0 Å². The number of fused-ring (bicyclic) bond motifs is 2. The lowest BCUT2D eigenvalue weighted by atomic mass is 10.1. The molecule has 11 nitrogen and oxygen atoms in total. The van der Waals surface area contributed by atoms with Crippen molar-refractivity contribution in [3.8, 4) is 40.1 Å². The summed E-state index contributed by atoms with van der Waals surface area (Å²) in [5.41, 5.74) is 6.25. The van der Waals surface area contributed by atoms with E-state index in [0.717, 1.165) is 0 Å². The van der Waals surface area contributed by atoms with Crippen LogP contribution in [-0.2, 0) is 0 Å². The predicted molar refractivity (Wildman–Crippen MR) is 113 cm³/mol. The minimum atomic E-state index is -0.807. The van der Waals surface area contributed by atoms with Crippen LogP contribution in [0.25, 0.3) is 28.2 Å². The zero-order valence-corrected chi connectivity index (χ0v) is 17.0. The molecule has 0 saturated heterocycles.